The fourth-order valence-electron chi connectivity index (χ4n) is 1.56. The highest BCUT2D eigenvalue weighted by molar-refractivity contribution is 6.08. The Bertz CT molecular complexity index is 601. The topological polar surface area (TPSA) is 92.3 Å². The zero-order valence-corrected chi connectivity index (χ0v) is 10.2. The molecule has 1 aromatic heterocycles. The standard InChI is InChI=1S/C13H12N2O4/c1-2-19-9-5-3-8(4-6-9)12(16)10-7-11(13(17)18)15-14-10/h3-7H,2H2,1H3,(H,14,15)(H,17,18). The van der Waals surface area contributed by atoms with Gasteiger partial charge in [0.15, 0.2) is 0 Å². The number of carboxylic acid groups (broad SMARTS) is 1. The number of carbonyl (C=O) groups is 2. The minimum atomic E-state index is -1.15. The summed E-state index contributed by atoms with van der Waals surface area (Å²) in [6.07, 6.45) is 0. The van der Waals surface area contributed by atoms with Gasteiger partial charge in [-0.15, -0.1) is 0 Å². The van der Waals surface area contributed by atoms with Crippen LogP contribution in [0, 0.1) is 0 Å². The van der Waals surface area contributed by atoms with Crippen LogP contribution >= 0.6 is 0 Å². The first-order chi connectivity index (χ1) is 9.11. The van der Waals surface area contributed by atoms with Crippen molar-refractivity contribution in [3.63, 3.8) is 0 Å². The van der Waals surface area contributed by atoms with Crippen LogP contribution in [0.25, 0.3) is 0 Å². The molecule has 2 rings (SSSR count). The van der Waals surface area contributed by atoms with Crippen LogP contribution in [0.1, 0.15) is 33.5 Å². The second-order valence-corrected chi connectivity index (χ2v) is 3.76. The van der Waals surface area contributed by atoms with Crippen LogP contribution in [-0.4, -0.2) is 33.7 Å². The minimum absolute atomic E-state index is 0.0709. The highest BCUT2D eigenvalue weighted by Gasteiger charge is 2.15. The Morgan fingerprint density at radius 3 is 2.53 bits per heavy atom. The van der Waals surface area contributed by atoms with Gasteiger partial charge in [0.25, 0.3) is 0 Å². The van der Waals surface area contributed by atoms with Crippen LogP contribution < -0.4 is 4.74 Å². The van der Waals surface area contributed by atoms with Crippen molar-refractivity contribution in [2.45, 2.75) is 6.92 Å². The van der Waals surface area contributed by atoms with E-state index in [1.54, 1.807) is 24.3 Å². The molecular formula is C13H12N2O4. The molecule has 6 nitrogen and oxygen atoms in total. The molecule has 0 saturated heterocycles. The number of aromatic carboxylic acids is 1. The predicted octanol–water partition coefficient (Wildman–Crippen LogP) is 1.74. The number of rotatable bonds is 5. The van der Waals surface area contributed by atoms with Gasteiger partial charge < -0.3 is 9.84 Å². The number of carbonyl (C=O) groups excluding carboxylic acids is 1. The Balaban J connectivity index is 2.20. The molecule has 2 aromatic rings. The van der Waals surface area contributed by atoms with E-state index in [0.29, 0.717) is 17.9 Å². The van der Waals surface area contributed by atoms with E-state index in [9.17, 15) is 9.59 Å². The number of nitrogens with one attached hydrogen (secondary N) is 1. The number of ketones is 1. The third kappa shape index (κ3) is 2.79. The largest absolute Gasteiger partial charge is 0.494 e. The molecule has 1 aromatic carbocycles. The Labute approximate surface area is 109 Å². The lowest BCUT2D eigenvalue weighted by molar-refractivity contribution is 0.0690. The van der Waals surface area contributed by atoms with Crippen molar-refractivity contribution < 1.29 is 19.4 Å². The first-order valence-electron chi connectivity index (χ1n) is 5.68. The summed E-state index contributed by atoms with van der Waals surface area (Å²) in [6, 6.07) is 7.80. The van der Waals surface area contributed by atoms with Gasteiger partial charge in [-0.3, -0.25) is 9.89 Å². The molecule has 0 aliphatic carbocycles. The zero-order chi connectivity index (χ0) is 13.8. The number of aromatic nitrogens is 2. The zero-order valence-electron chi connectivity index (χ0n) is 10.2. The molecule has 1 heterocycles. The molecule has 98 valence electrons. The summed E-state index contributed by atoms with van der Waals surface area (Å²) >= 11 is 0. The molecule has 19 heavy (non-hydrogen) atoms. The Kier molecular flexibility index (Phi) is 3.61. The number of nitrogens with zero attached hydrogens (tertiary/aromatic N) is 1. The molecule has 0 unspecified atom stereocenters. The maximum absolute atomic E-state index is 12.0. The quantitative estimate of drug-likeness (QED) is 0.799. The van der Waals surface area contributed by atoms with E-state index in [2.05, 4.69) is 10.2 Å². The molecule has 0 atom stereocenters. The molecule has 0 aliphatic heterocycles. The first kappa shape index (κ1) is 12.8. The van der Waals surface area contributed by atoms with E-state index in [1.165, 1.54) is 6.07 Å². The van der Waals surface area contributed by atoms with Crippen molar-refractivity contribution in [1.82, 2.24) is 10.2 Å². The van der Waals surface area contributed by atoms with E-state index in [1.807, 2.05) is 6.92 Å². The van der Waals surface area contributed by atoms with Gasteiger partial charge in [0.05, 0.1) is 6.61 Å². The van der Waals surface area contributed by atoms with Crippen molar-refractivity contribution in [1.29, 1.82) is 0 Å². The highest BCUT2D eigenvalue weighted by atomic mass is 16.5. The van der Waals surface area contributed by atoms with E-state index >= 15 is 0 Å². The van der Waals surface area contributed by atoms with Gasteiger partial charge >= 0.3 is 5.97 Å². The molecule has 0 radical (unpaired) electrons. The van der Waals surface area contributed by atoms with Crippen LogP contribution in [0.3, 0.4) is 0 Å². The van der Waals surface area contributed by atoms with Crippen LogP contribution in [0.15, 0.2) is 30.3 Å². The number of hydrogen-bond acceptors (Lipinski definition) is 4. The normalized spacial score (nSPS) is 10.2. The molecule has 0 bridgehead atoms. The number of H-pyrrole nitrogens is 1. The minimum Gasteiger partial charge on any atom is -0.494 e. The van der Waals surface area contributed by atoms with E-state index in [4.69, 9.17) is 9.84 Å². The van der Waals surface area contributed by atoms with Crippen molar-refractivity contribution >= 4 is 11.8 Å². The molecule has 0 spiro atoms. The van der Waals surface area contributed by atoms with Crippen LogP contribution in [-0.2, 0) is 0 Å². The summed E-state index contributed by atoms with van der Waals surface area (Å²) in [7, 11) is 0. The summed E-state index contributed by atoms with van der Waals surface area (Å²) in [6.45, 7) is 2.42. The van der Waals surface area contributed by atoms with Crippen LogP contribution in [0.5, 0.6) is 5.75 Å². The van der Waals surface area contributed by atoms with E-state index in [-0.39, 0.29) is 17.2 Å². The van der Waals surface area contributed by atoms with Gasteiger partial charge in [-0.25, -0.2) is 4.79 Å². The predicted molar refractivity (Wildman–Crippen MR) is 66.6 cm³/mol. The third-order valence-electron chi connectivity index (χ3n) is 2.47. The number of ether oxygens (including phenoxy) is 1. The lowest BCUT2D eigenvalue weighted by atomic mass is 10.1. The summed E-state index contributed by atoms with van der Waals surface area (Å²) in [5, 5.41) is 14.7. The molecule has 0 fully saturated rings. The number of benzene rings is 1. The Hall–Kier alpha value is -2.63. The SMILES string of the molecule is CCOc1ccc(C(=O)c2cc(C(=O)O)[nH]n2)cc1. The highest BCUT2D eigenvalue weighted by Crippen LogP contribution is 2.15. The second-order valence-electron chi connectivity index (χ2n) is 3.76. The van der Waals surface area contributed by atoms with Crippen molar-refractivity contribution in [3.05, 3.63) is 47.3 Å². The maximum atomic E-state index is 12.0. The third-order valence-corrected chi connectivity index (χ3v) is 2.47. The van der Waals surface area contributed by atoms with Crippen LogP contribution in [0.4, 0.5) is 0 Å². The fraction of sp³-hybridized carbons (Fsp3) is 0.154. The number of aromatic amines is 1. The summed E-state index contributed by atoms with van der Waals surface area (Å²) in [5.41, 5.74) is 0.378. The number of carboxylic acids is 1. The molecule has 0 aliphatic rings. The van der Waals surface area contributed by atoms with Gasteiger partial charge in [-0.2, -0.15) is 5.10 Å². The van der Waals surface area contributed by atoms with Crippen molar-refractivity contribution in [2.24, 2.45) is 0 Å². The lowest BCUT2D eigenvalue weighted by Gasteiger charge is -2.03. The molecule has 0 amide bonds. The molecular weight excluding hydrogens is 248 g/mol. The maximum Gasteiger partial charge on any atom is 0.353 e. The second kappa shape index (κ2) is 5.34. The fourth-order valence-corrected chi connectivity index (χ4v) is 1.56. The smallest absolute Gasteiger partial charge is 0.353 e. The van der Waals surface area contributed by atoms with Crippen molar-refractivity contribution in [3.8, 4) is 5.75 Å². The van der Waals surface area contributed by atoms with E-state index in [0.717, 1.165) is 0 Å². The average Bonchev–Trinajstić information content (AvgIpc) is 2.89. The van der Waals surface area contributed by atoms with Gasteiger partial charge in [0.1, 0.15) is 17.1 Å². The molecule has 0 saturated carbocycles. The molecule has 2 N–H and O–H groups in total. The van der Waals surface area contributed by atoms with Gasteiger partial charge in [-0.1, -0.05) is 0 Å². The van der Waals surface area contributed by atoms with Gasteiger partial charge in [-0.05, 0) is 31.2 Å². The lowest BCUT2D eigenvalue weighted by Crippen LogP contribution is -2.02. The summed E-state index contributed by atoms with van der Waals surface area (Å²) in [5.74, 6) is -0.822. The first-order valence-corrected chi connectivity index (χ1v) is 5.68. The number of hydrogen-bond donors (Lipinski definition) is 2. The van der Waals surface area contributed by atoms with Gasteiger partial charge in [0, 0.05) is 11.6 Å². The Morgan fingerprint density at radius 1 is 1.32 bits per heavy atom. The van der Waals surface area contributed by atoms with E-state index < -0.39 is 5.97 Å². The summed E-state index contributed by atoms with van der Waals surface area (Å²) in [4.78, 5) is 22.7. The van der Waals surface area contributed by atoms with Crippen molar-refractivity contribution in [2.75, 3.05) is 6.61 Å². The van der Waals surface area contributed by atoms with Gasteiger partial charge in [0.2, 0.25) is 5.78 Å². The van der Waals surface area contributed by atoms with Crippen LogP contribution in [0.2, 0.25) is 0 Å². The molecule has 6 heteroatoms. The monoisotopic (exact) mass is 260 g/mol. The summed E-state index contributed by atoms with van der Waals surface area (Å²) < 4.78 is 5.27. The Morgan fingerprint density at radius 2 is 2.00 bits per heavy atom. The average molecular weight is 260 g/mol.